The first kappa shape index (κ1) is 12.0. The lowest BCUT2D eigenvalue weighted by Gasteiger charge is -2.07. The number of anilines is 3. The van der Waals surface area contributed by atoms with E-state index in [1.54, 1.807) is 30.3 Å². The van der Waals surface area contributed by atoms with E-state index in [1.807, 2.05) is 0 Å². The zero-order chi connectivity index (χ0) is 13.1. The Labute approximate surface area is 107 Å². The molecule has 0 spiro atoms. The summed E-state index contributed by atoms with van der Waals surface area (Å²) in [4.78, 5) is 17.6. The molecule has 90 valence electrons. The fraction of sp³-hybridized carbons (Fsp3) is 0. The number of benzene rings is 1. The van der Waals surface area contributed by atoms with Crippen LogP contribution >= 0.6 is 11.6 Å². The van der Waals surface area contributed by atoms with Crippen LogP contribution in [0.4, 0.5) is 17.5 Å². The van der Waals surface area contributed by atoms with Gasteiger partial charge in [0.15, 0.2) is 11.4 Å². The number of H-pyrrole nitrogens is 1. The Morgan fingerprint density at radius 2 is 2.06 bits per heavy atom. The van der Waals surface area contributed by atoms with Crippen molar-refractivity contribution in [1.82, 2.24) is 9.97 Å². The lowest BCUT2D eigenvalue weighted by molar-refractivity contribution is 1.12. The van der Waals surface area contributed by atoms with Crippen LogP contribution in [0.25, 0.3) is 0 Å². The number of nitrogens with two attached hydrogens (primary N) is 1. The van der Waals surface area contributed by atoms with Crippen molar-refractivity contribution >= 4 is 29.1 Å². The number of hydrogen-bond acceptors (Lipinski definition) is 5. The Kier molecular flexibility index (Phi) is 3.17. The maximum atomic E-state index is 11.5. The van der Waals surface area contributed by atoms with E-state index >= 15 is 0 Å². The molecule has 0 saturated carbocycles. The quantitative estimate of drug-likeness (QED) is 0.761. The molecule has 0 radical (unpaired) electrons. The van der Waals surface area contributed by atoms with E-state index in [2.05, 4.69) is 15.3 Å². The van der Waals surface area contributed by atoms with Gasteiger partial charge in [0.2, 0.25) is 5.95 Å². The van der Waals surface area contributed by atoms with Crippen molar-refractivity contribution in [3.8, 4) is 6.07 Å². The number of halogens is 1. The summed E-state index contributed by atoms with van der Waals surface area (Å²) < 4.78 is 0. The van der Waals surface area contributed by atoms with Crippen molar-refractivity contribution in [3.05, 3.63) is 45.2 Å². The zero-order valence-corrected chi connectivity index (χ0v) is 9.82. The molecule has 7 heteroatoms. The van der Waals surface area contributed by atoms with Crippen LogP contribution in [0.15, 0.2) is 29.1 Å². The van der Waals surface area contributed by atoms with E-state index in [9.17, 15) is 4.79 Å². The van der Waals surface area contributed by atoms with Gasteiger partial charge in [-0.1, -0.05) is 11.6 Å². The lowest BCUT2D eigenvalue weighted by atomic mass is 10.3. The Balaban J connectivity index is 2.43. The van der Waals surface area contributed by atoms with E-state index in [0.29, 0.717) is 10.7 Å². The van der Waals surface area contributed by atoms with Crippen molar-refractivity contribution in [2.75, 3.05) is 11.1 Å². The largest absolute Gasteiger partial charge is 0.369 e. The van der Waals surface area contributed by atoms with Crippen molar-refractivity contribution < 1.29 is 0 Å². The highest BCUT2D eigenvalue weighted by atomic mass is 35.5. The molecule has 4 N–H and O–H groups in total. The summed E-state index contributed by atoms with van der Waals surface area (Å²) in [6.07, 6.45) is 0. The average molecular weight is 262 g/mol. The topological polar surface area (TPSA) is 108 Å². The van der Waals surface area contributed by atoms with Gasteiger partial charge in [-0.05, 0) is 24.3 Å². The van der Waals surface area contributed by atoms with Crippen LogP contribution in [-0.4, -0.2) is 9.97 Å². The second kappa shape index (κ2) is 4.77. The molecule has 1 heterocycles. The van der Waals surface area contributed by atoms with E-state index in [1.165, 1.54) is 0 Å². The highest BCUT2D eigenvalue weighted by Gasteiger charge is 2.10. The number of aromatic nitrogens is 2. The maximum absolute atomic E-state index is 11.5. The molecule has 0 saturated heterocycles. The van der Waals surface area contributed by atoms with Gasteiger partial charge in [-0.25, -0.2) is 0 Å². The molecule has 2 aromatic rings. The molecule has 1 aromatic carbocycles. The van der Waals surface area contributed by atoms with Crippen LogP contribution < -0.4 is 16.6 Å². The van der Waals surface area contributed by atoms with Crippen molar-refractivity contribution in [1.29, 1.82) is 5.26 Å². The molecule has 0 aliphatic rings. The lowest BCUT2D eigenvalue weighted by Crippen LogP contribution is -2.17. The Bertz CT molecular complexity index is 671. The van der Waals surface area contributed by atoms with Gasteiger partial charge in [0, 0.05) is 10.7 Å². The van der Waals surface area contributed by atoms with Gasteiger partial charge in [0.1, 0.15) is 6.07 Å². The van der Waals surface area contributed by atoms with Crippen LogP contribution in [-0.2, 0) is 0 Å². The van der Waals surface area contributed by atoms with E-state index < -0.39 is 5.56 Å². The molecule has 1 aromatic heterocycles. The standard InChI is InChI=1S/C11H8ClN5O/c12-6-1-3-7(4-2-6)15-9-8(5-13)10(18)17-11(14)16-9/h1-4H,(H4,14,15,16,17,18). The van der Waals surface area contributed by atoms with E-state index in [4.69, 9.17) is 22.6 Å². The van der Waals surface area contributed by atoms with Gasteiger partial charge in [-0.3, -0.25) is 9.78 Å². The molecule has 0 aliphatic carbocycles. The SMILES string of the molecule is N#Cc1c(Nc2ccc(Cl)cc2)nc(N)[nH]c1=O. The summed E-state index contributed by atoms with van der Waals surface area (Å²) in [6, 6.07) is 8.51. The number of aromatic amines is 1. The number of rotatable bonds is 2. The van der Waals surface area contributed by atoms with Gasteiger partial charge in [0.25, 0.3) is 5.56 Å². The van der Waals surface area contributed by atoms with Crippen LogP contribution in [0.3, 0.4) is 0 Å². The van der Waals surface area contributed by atoms with Gasteiger partial charge < -0.3 is 11.1 Å². The second-order valence-corrected chi connectivity index (χ2v) is 3.85. The zero-order valence-electron chi connectivity index (χ0n) is 9.07. The molecule has 6 nitrogen and oxygen atoms in total. The Morgan fingerprint density at radius 1 is 1.39 bits per heavy atom. The van der Waals surface area contributed by atoms with Gasteiger partial charge in [-0.2, -0.15) is 10.2 Å². The van der Waals surface area contributed by atoms with Crippen LogP contribution in [0.5, 0.6) is 0 Å². The van der Waals surface area contributed by atoms with Gasteiger partial charge in [-0.15, -0.1) is 0 Å². The Morgan fingerprint density at radius 3 is 2.67 bits per heavy atom. The van der Waals surface area contributed by atoms with E-state index in [-0.39, 0.29) is 17.3 Å². The smallest absolute Gasteiger partial charge is 0.272 e. The summed E-state index contributed by atoms with van der Waals surface area (Å²) in [6.45, 7) is 0. The van der Waals surface area contributed by atoms with E-state index in [0.717, 1.165) is 0 Å². The van der Waals surface area contributed by atoms with Gasteiger partial charge >= 0.3 is 0 Å². The Hall–Kier alpha value is -2.52. The van der Waals surface area contributed by atoms with Crippen LogP contribution in [0, 0.1) is 11.3 Å². The minimum absolute atomic E-state index is 0.0598. The number of nitrogens with one attached hydrogen (secondary N) is 2. The molecule has 0 atom stereocenters. The predicted octanol–water partition coefficient (Wildman–Crippen LogP) is 1.62. The minimum Gasteiger partial charge on any atom is -0.369 e. The summed E-state index contributed by atoms with van der Waals surface area (Å²) >= 11 is 5.75. The second-order valence-electron chi connectivity index (χ2n) is 3.42. The molecule has 0 fully saturated rings. The minimum atomic E-state index is -0.582. The third-order valence-electron chi connectivity index (χ3n) is 2.16. The fourth-order valence-electron chi connectivity index (χ4n) is 1.35. The summed E-state index contributed by atoms with van der Waals surface area (Å²) in [5.41, 5.74) is 5.36. The average Bonchev–Trinajstić information content (AvgIpc) is 2.32. The molecule has 18 heavy (non-hydrogen) atoms. The fourth-order valence-corrected chi connectivity index (χ4v) is 1.48. The number of nitrogens with zero attached hydrogens (tertiary/aromatic N) is 2. The monoisotopic (exact) mass is 261 g/mol. The van der Waals surface area contributed by atoms with Crippen molar-refractivity contribution in [3.63, 3.8) is 0 Å². The highest BCUT2D eigenvalue weighted by Crippen LogP contribution is 2.18. The summed E-state index contributed by atoms with van der Waals surface area (Å²) in [7, 11) is 0. The summed E-state index contributed by atoms with van der Waals surface area (Å²) in [5, 5.41) is 12.3. The summed E-state index contributed by atoms with van der Waals surface area (Å²) in [5.74, 6) is 0.0523. The van der Waals surface area contributed by atoms with Gasteiger partial charge in [0.05, 0.1) is 0 Å². The maximum Gasteiger partial charge on any atom is 0.272 e. The molecule has 0 unspecified atom stereocenters. The first-order valence-electron chi connectivity index (χ1n) is 4.92. The molecule has 0 bridgehead atoms. The van der Waals surface area contributed by atoms with Crippen LogP contribution in [0.1, 0.15) is 5.56 Å². The first-order valence-corrected chi connectivity index (χ1v) is 5.30. The van der Waals surface area contributed by atoms with Crippen molar-refractivity contribution in [2.45, 2.75) is 0 Å². The van der Waals surface area contributed by atoms with Crippen LogP contribution in [0.2, 0.25) is 5.02 Å². The highest BCUT2D eigenvalue weighted by molar-refractivity contribution is 6.30. The molecule has 0 aliphatic heterocycles. The number of hydrogen-bond donors (Lipinski definition) is 3. The number of nitrogen functional groups attached to an aromatic ring is 1. The molecular weight excluding hydrogens is 254 g/mol. The first-order chi connectivity index (χ1) is 8.60. The third-order valence-corrected chi connectivity index (χ3v) is 2.41. The molecule has 2 rings (SSSR count). The molecule has 0 amide bonds. The number of nitriles is 1. The normalized spacial score (nSPS) is 9.78. The van der Waals surface area contributed by atoms with Crippen molar-refractivity contribution in [2.24, 2.45) is 0 Å². The predicted molar refractivity (Wildman–Crippen MR) is 68.7 cm³/mol. The molecular formula is C11H8ClN5O. The third kappa shape index (κ3) is 2.42.